The smallest absolute Gasteiger partial charge is 0.322 e. The lowest BCUT2D eigenvalue weighted by molar-refractivity contribution is 0.145. The van der Waals surface area contributed by atoms with E-state index in [2.05, 4.69) is 24.1 Å². The third-order valence-electron chi connectivity index (χ3n) is 4.03. The lowest BCUT2D eigenvalue weighted by atomic mass is 10.1. The van der Waals surface area contributed by atoms with Crippen molar-refractivity contribution in [1.29, 1.82) is 0 Å². The maximum absolute atomic E-state index is 13.5. The van der Waals surface area contributed by atoms with Crippen molar-refractivity contribution in [3.8, 4) is 0 Å². The lowest BCUT2D eigenvalue weighted by Crippen LogP contribution is -2.50. The van der Waals surface area contributed by atoms with E-state index in [4.69, 9.17) is 0 Å². The number of urea groups is 1. The van der Waals surface area contributed by atoms with Crippen LogP contribution >= 0.6 is 0 Å². The van der Waals surface area contributed by atoms with E-state index in [0.717, 1.165) is 25.6 Å². The van der Waals surface area contributed by atoms with Gasteiger partial charge in [-0.05, 0) is 37.4 Å². The zero-order valence-corrected chi connectivity index (χ0v) is 13.5. The minimum atomic E-state index is -0.400. The van der Waals surface area contributed by atoms with Gasteiger partial charge in [-0.3, -0.25) is 4.90 Å². The number of nitrogens with one attached hydrogen (secondary N) is 1. The predicted octanol–water partition coefficient (Wildman–Crippen LogP) is 3.41. The maximum Gasteiger partial charge on any atom is 0.322 e. The second-order valence-corrected chi connectivity index (χ2v) is 6.27. The molecule has 0 aliphatic carbocycles. The van der Waals surface area contributed by atoms with E-state index in [0.29, 0.717) is 13.1 Å². The molecule has 0 spiro atoms. The molecule has 0 aromatic heterocycles. The fourth-order valence-electron chi connectivity index (χ4n) is 2.65. The minimum absolute atomic E-state index is 0.216. The summed E-state index contributed by atoms with van der Waals surface area (Å²) in [5, 5.41) is 2.65. The molecular weight excluding hydrogens is 281 g/mol. The van der Waals surface area contributed by atoms with Crippen molar-refractivity contribution in [1.82, 2.24) is 9.80 Å². The summed E-state index contributed by atoms with van der Waals surface area (Å²) in [5.74, 6) is 0.344. The molecular formula is C17H26FN3O. The number of carbonyl (C=O) groups excluding carboxylic acids is 1. The molecule has 122 valence electrons. The van der Waals surface area contributed by atoms with E-state index in [-0.39, 0.29) is 11.7 Å². The Morgan fingerprint density at radius 3 is 2.55 bits per heavy atom. The third kappa shape index (κ3) is 4.98. The molecule has 0 saturated carbocycles. The van der Waals surface area contributed by atoms with Crippen LogP contribution in [0.3, 0.4) is 0 Å². The Morgan fingerprint density at radius 1 is 1.23 bits per heavy atom. The molecule has 1 fully saturated rings. The highest BCUT2D eigenvalue weighted by molar-refractivity contribution is 5.89. The van der Waals surface area contributed by atoms with Crippen molar-refractivity contribution >= 4 is 11.7 Å². The van der Waals surface area contributed by atoms with Crippen LogP contribution in [0.2, 0.25) is 0 Å². The summed E-state index contributed by atoms with van der Waals surface area (Å²) in [6.45, 7) is 8.76. The Balaban J connectivity index is 1.74. The van der Waals surface area contributed by atoms with Crippen LogP contribution < -0.4 is 5.32 Å². The SMILES string of the molecule is CC(C)CCCN1CCN(C(=O)Nc2ccccc2F)CC1. The van der Waals surface area contributed by atoms with Gasteiger partial charge >= 0.3 is 6.03 Å². The first kappa shape index (κ1) is 16.7. The van der Waals surface area contributed by atoms with Gasteiger partial charge in [0.15, 0.2) is 0 Å². The Morgan fingerprint density at radius 2 is 1.91 bits per heavy atom. The van der Waals surface area contributed by atoms with Crippen molar-refractivity contribution in [3.63, 3.8) is 0 Å². The van der Waals surface area contributed by atoms with E-state index in [1.165, 1.54) is 18.9 Å². The first-order chi connectivity index (χ1) is 10.6. The highest BCUT2D eigenvalue weighted by Crippen LogP contribution is 2.14. The molecule has 22 heavy (non-hydrogen) atoms. The second-order valence-electron chi connectivity index (χ2n) is 6.27. The molecule has 1 aliphatic heterocycles. The molecule has 1 aromatic rings. The van der Waals surface area contributed by atoms with Gasteiger partial charge in [-0.2, -0.15) is 0 Å². The molecule has 0 atom stereocenters. The fraction of sp³-hybridized carbons (Fsp3) is 0.588. The van der Waals surface area contributed by atoms with Gasteiger partial charge in [0.1, 0.15) is 5.82 Å². The molecule has 1 aromatic carbocycles. The molecule has 4 nitrogen and oxygen atoms in total. The fourth-order valence-corrected chi connectivity index (χ4v) is 2.65. The van der Waals surface area contributed by atoms with Crippen LogP contribution in [0.1, 0.15) is 26.7 Å². The topological polar surface area (TPSA) is 35.6 Å². The summed E-state index contributed by atoms with van der Waals surface area (Å²) < 4.78 is 13.5. The average molecular weight is 307 g/mol. The number of anilines is 1. The highest BCUT2D eigenvalue weighted by atomic mass is 19.1. The van der Waals surface area contributed by atoms with Crippen LogP contribution in [0.25, 0.3) is 0 Å². The molecule has 1 saturated heterocycles. The Hall–Kier alpha value is -1.62. The van der Waals surface area contributed by atoms with Crippen molar-refractivity contribution in [2.45, 2.75) is 26.7 Å². The quantitative estimate of drug-likeness (QED) is 0.905. The summed E-state index contributed by atoms with van der Waals surface area (Å²) in [6, 6.07) is 6.04. The molecule has 0 unspecified atom stereocenters. The first-order valence-corrected chi connectivity index (χ1v) is 8.09. The van der Waals surface area contributed by atoms with Crippen LogP contribution in [0.15, 0.2) is 24.3 Å². The van der Waals surface area contributed by atoms with E-state index >= 15 is 0 Å². The van der Waals surface area contributed by atoms with Crippen molar-refractivity contribution in [2.24, 2.45) is 5.92 Å². The number of piperazine rings is 1. The Labute approximate surface area is 132 Å². The number of benzene rings is 1. The van der Waals surface area contributed by atoms with E-state index in [1.807, 2.05) is 0 Å². The summed E-state index contributed by atoms with van der Waals surface area (Å²) >= 11 is 0. The van der Waals surface area contributed by atoms with Crippen LogP contribution in [-0.2, 0) is 0 Å². The van der Waals surface area contributed by atoms with E-state index in [1.54, 1.807) is 23.1 Å². The third-order valence-corrected chi connectivity index (χ3v) is 4.03. The number of hydrogen-bond acceptors (Lipinski definition) is 2. The number of amides is 2. The molecule has 1 aliphatic rings. The van der Waals surface area contributed by atoms with Crippen LogP contribution in [-0.4, -0.2) is 48.6 Å². The van der Waals surface area contributed by atoms with Crippen LogP contribution in [0.4, 0.5) is 14.9 Å². The van der Waals surface area contributed by atoms with Crippen LogP contribution in [0.5, 0.6) is 0 Å². The number of hydrogen-bond donors (Lipinski definition) is 1. The van der Waals surface area contributed by atoms with Gasteiger partial charge in [-0.15, -0.1) is 0 Å². The van der Waals surface area contributed by atoms with E-state index < -0.39 is 5.82 Å². The maximum atomic E-state index is 13.5. The molecule has 0 bridgehead atoms. The largest absolute Gasteiger partial charge is 0.322 e. The molecule has 0 radical (unpaired) electrons. The Bertz CT molecular complexity index is 485. The van der Waals surface area contributed by atoms with Crippen molar-refractivity contribution in [2.75, 3.05) is 38.0 Å². The normalized spacial score (nSPS) is 16.1. The average Bonchev–Trinajstić information content (AvgIpc) is 2.50. The molecule has 1 heterocycles. The highest BCUT2D eigenvalue weighted by Gasteiger charge is 2.21. The molecule has 1 N–H and O–H groups in total. The lowest BCUT2D eigenvalue weighted by Gasteiger charge is -2.34. The van der Waals surface area contributed by atoms with Gasteiger partial charge in [0.2, 0.25) is 0 Å². The van der Waals surface area contributed by atoms with Gasteiger partial charge in [-0.25, -0.2) is 9.18 Å². The number of para-hydroxylation sites is 1. The van der Waals surface area contributed by atoms with Crippen LogP contribution in [0, 0.1) is 11.7 Å². The van der Waals surface area contributed by atoms with Crippen molar-refractivity contribution in [3.05, 3.63) is 30.1 Å². The minimum Gasteiger partial charge on any atom is -0.322 e. The molecule has 2 rings (SSSR count). The zero-order chi connectivity index (χ0) is 15.9. The monoisotopic (exact) mass is 307 g/mol. The second kappa shape index (κ2) is 8.13. The van der Waals surface area contributed by atoms with Gasteiger partial charge < -0.3 is 10.2 Å². The number of rotatable bonds is 5. The van der Waals surface area contributed by atoms with E-state index in [9.17, 15) is 9.18 Å². The zero-order valence-electron chi connectivity index (χ0n) is 13.5. The number of nitrogens with zero attached hydrogens (tertiary/aromatic N) is 2. The standard InChI is InChI=1S/C17H26FN3O/c1-14(2)6-5-9-20-10-12-21(13-11-20)17(22)19-16-8-4-3-7-15(16)18/h3-4,7-8,14H,5-6,9-13H2,1-2H3,(H,19,22). The van der Waals surface area contributed by atoms with Gasteiger partial charge in [0, 0.05) is 26.2 Å². The summed E-state index contributed by atoms with van der Waals surface area (Å²) in [6.07, 6.45) is 2.45. The first-order valence-electron chi connectivity index (χ1n) is 8.09. The number of carbonyl (C=O) groups is 1. The van der Waals surface area contributed by atoms with Gasteiger partial charge in [0.05, 0.1) is 5.69 Å². The summed E-state index contributed by atoms with van der Waals surface area (Å²) in [5.41, 5.74) is 0.242. The number of halogens is 1. The molecule has 5 heteroatoms. The summed E-state index contributed by atoms with van der Waals surface area (Å²) in [4.78, 5) is 16.3. The van der Waals surface area contributed by atoms with Gasteiger partial charge in [0.25, 0.3) is 0 Å². The van der Waals surface area contributed by atoms with Gasteiger partial charge in [-0.1, -0.05) is 26.0 Å². The Kier molecular flexibility index (Phi) is 6.19. The van der Waals surface area contributed by atoms with Crippen molar-refractivity contribution < 1.29 is 9.18 Å². The molecule has 2 amide bonds. The predicted molar refractivity (Wildman–Crippen MR) is 87.5 cm³/mol. The summed E-state index contributed by atoms with van der Waals surface area (Å²) in [7, 11) is 0.